The van der Waals surface area contributed by atoms with E-state index in [0.717, 1.165) is 54.0 Å². The number of ether oxygens (including phenoxy) is 1. The van der Waals surface area contributed by atoms with E-state index in [9.17, 15) is 0 Å². The minimum atomic E-state index is 0.630. The summed E-state index contributed by atoms with van der Waals surface area (Å²) in [6.45, 7) is 3.87. The van der Waals surface area contributed by atoms with Crippen molar-refractivity contribution < 1.29 is 4.74 Å². The van der Waals surface area contributed by atoms with E-state index in [2.05, 4.69) is 31.8 Å². The molecule has 2 heterocycles. The average molecular weight is 371 g/mol. The van der Waals surface area contributed by atoms with Gasteiger partial charge in [-0.2, -0.15) is 0 Å². The number of hydrogen-bond acceptors (Lipinski definition) is 6. The quantitative estimate of drug-likeness (QED) is 0.744. The molecule has 2 aromatic carbocycles. The fourth-order valence-corrected chi connectivity index (χ4v) is 3.29. The Bertz CT molecular complexity index is 864. The summed E-state index contributed by atoms with van der Waals surface area (Å²) in [5.74, 6) is 0. The van der Waals surface area contributed by atoms with Gasteiger partial charge < -0.3 is 15.0 Å². The number of anilines is 2. The lowest BCUT2D eigenvalue weighted by Gasteiger charge is -2.31. The van der Waals surface area contributed by atoms with Crippen molar-refractivity contribution in [2.45, 2.75) is 6.54 Å². The molecule has 1 fully saturated rings. The van der Waals surface area contributed by atoms with Gasteiger partial charge in [0, 0.05) is 41.6 Å². The molecular weight excluding hydrogens is 352 g/mol. The van der Waals surface area contributed by atoms with Gasteiger partial charge in [-0.15, -0.1) is 5.10 Å². The van der Waals surface area contributed by atoms with Crippen molar-refractivity contribution in [3.63, 3.8) is 0 Å². The van der Waals surface area contributed by atoms with Crippen LogP contribution < -0.4 is 10.2 Å². The Balaban J connectivity index is 1.54. The van der Waals surface area contributed by atoms with Gasteiger partial charge in [-0.3, -0.25) is 0 Å². The van der Waals surface area contributed by atoms with Gasteiger partial charge in [0.15, 0.2) is 0 Å². The first-order chi connectivity index (χ1) is 12.8. The topological polar surface area (TPSA) is 68.1 Å². The van der Waals surface area contributed by atoms with Crippen LogP contribution in [0.5, 0.6) is 0 Å². The van der Waals surface area contributed by atoms with E-state index in [1.807, 2.05) is 36.4 Å². The SMILES string of the molecule is Clc1cccc(N2CCOCC2)c1CNc1cccc(-n2cnnn2)c1. The van der Waals surface area contributed by atoms with Crippen LogP contribution in [0.3, 0.4) is 0 Å². The van der Waals surface area contributed by atoms with Crippen molar-refractivity contribution in [1.29, 1.82) is 0 Å². The molecule has 1 N–H and O–H groups in total. The Hall–Kier alpha value is -2.64. The van der Waals surface area contributed by atoms with E-state index in [0.29, 0.717) is 6.54 Å². The summed E-state index contributed by atoms with van der Waals surface area (Å²) in [4.78, 5) is 2.32. The van der Waals surface area contributed by atoms with Crippen molar-refractivity contribution in [2.75, 3.05) is 36.5 Å². The van der Waals surface area contributed by atoms with Gasteiger partial charge in [0.2, 0.25) is 0 Å². The molecule has 1 aliphatic heterocycles. The number of benzene rings is 2. The predicted octanol–water partition coefficient (Wildman–Crippen LogP) is 2.76. The smallest absolute Gasteiger partial charge is 0.143 e. The highest BCUT2D eigenvalue weighted by atomic mass is 35.5. The highest BCUT2D eigenvalue weighted by Crippen LogP contribution is 2.29. The molecule has 0 saturated carbocycles. The van der Waals surface area contributed by atoms with Crippen LogP contribution in [0.15, 0.2) is 48.8 Å². The molecule has 8 heteroatoms. The molecule has 4 rings (SSSR count). The second-order valence-corrected chi connectivity index (χ2v) is 6.40. The summed E-state index contributed by atoms with van der Waals surface area (Å²) in [5, 5.41) is 15.5. The minimum absolute atomic E-state index is 0.630. The number of halogens is 1. The van der Waals surface area contributed by atoms with Crippen LogP contribution in [0.1, 0.15) is 5.56 Å². The number of morpholine rings is 1. The van der Waals surface area contributed by atoms with Crippen LogP contribution >= 0.6 is 11.6 Å². The molecule has 0 aliphatic carbocycles. The summed E-state index contributed by atoms with van der Waals surface area (Å²) >= 11 is 6.50. The van der Waals surface area contributed by atoms with E-state index in [1.165, 1.54) is 0 Å². The van der Waals surface area contributed by atoms with E-state index in [-0.39, 0.29) is 0 Å². The van der Waals surface area contributed by atoms with Crippen LogP contribution in [0.4, 0.5) is 11.4 Å². The number of tetrazole rings is 1. The molecule has 1 aliphatic rings. The van der Waals surface area contributed by atoms with Crippen LogP contribution in [0, 0.1) is 0 Å². The van der Waals surface area contributed by atoms with E-state index >= 15 is 0 Å². The van der Waals surface area contributed by atoms with Crippen molar-refractivity contribution >= 4 is 23.0 Å². The minimum Gasteiger partial charge on any atom is -0.381 e. The number of aromatic nitrogens is 4. The maximum atomic E-state index is 6.50. The Morgan fingerprint density at radius 2 is 1.96 bits per heavy atom. The number of nitrogens with zero attached hydrogens (tertiary/aromatic N) is 5. The molecule has 134 valence electrons. The lowest BCUT2D eigenvalue weighted by atomic mass is 10.1. The Morgan fingerprint density at radius 3 is 2.77 bits per heavy atom. The first-order valence-electron chi connectivity index (χ1n) is 8.48. The van der Waals surface area contributed by atoms with Crippen LogP contribution in [0.25, 0.3) is 5.69 Å². The molecule has 0 atom stereocenters. The Labute approximate surface area is 156 Å². The molecule has 0 amide bonds. The molecule has 0 spiro atoms. The summed E-state index contributed by atoms with van der Waals surface area (Å²) in [7, 11) is 0. The molecule has 0 unspecified atom stereocenters. The predicted molar refractivity (Wildman–Crippen MR) is 101 cm³/mol. The van der Waals surface area contributed by atoms with Crippen LogP contribution in [-0.2, 0) is 11.3 Å². The Morgan fingerprint density at radius 1 is 1.12 bits per heavy atom. The molecule has 1 aromatic heterocycles. The fourth-order valence-electron chi connectivity index (χ4n) is 3.05. The first kappa shape index (κ1) is 16.8. The zero-order chi connectivity index (χ0) is 17.8. The highest BCUT2D eigenvalue weighted by molar-refractivity contribution is 6.31. The van der Waals surface area contributed by atoms with Gasteiger partial charge in [-0.05, 0) is 40.8 Å². The summed E-state index contributed by atoms with van der Waals surface area (Å²) < 4.78 is 7.09. The lowest BCUT2D eigenvalue weighted by Crippen LogP contribution is -2.37. The van der Waals surface area contributed by atoms with Gasteiger partial charge in [-0.1, -0.05) is 23.7 Å². The third kappa shape index (κ3) is 3.63. The third-order valence-corrected chi connectivity index (χ3v) is 4.73. The number of nitrogens with one attached hydrogen (secondary N) is 1. The monoisotopic (exact) mass is 370 g/mol. The van der Waals surface area contributed by atoms with E-state index in [1.54, 1.807) is 11.0 Å². The first-order valence-corrected chi connectivity index (χ1v) is 8.86. The third-order valence-electron chi connectivity index (χ3n) is 4.37. The number of rotatable bonds is 5. The number of hydrogen-bond donors (Lipinski definition) is 1. The lowest BCUT2D eigenvalue weighted by molar-refractivity contribution is 0.122. The molecule has 7 nitrogen and oxygen atoms in total. The zero-order valence-electron chi connectivity index (χ0n) is 14.2. The van der Waals surface area contributed by atoms with Gasteiger partial charge >= 0.3 is 0 Å². The molecule has 0 radical (unpaired) electrons. The second-order valence-electron chi connectivity index (χ2n) is 6.00. The zero-order valence-corrected chi connectivity index (χ0v) is 14.9. The largest absolute Gasteiger partial charge is 0.381 e. The normalized spacial score (nSPS) is 14.4. The molecule has 3 aromatic rings. The summed E-state index contributed by atoms with van der Waals surface area (Å²) in [6, 6.07) is 14.0. The Kier molecular flexibility index (Phi) is 4.99. The molecular formula is C18H19ClN6O. The van der Waals surface area contributed by atoms with Gasteiger partial charge in [0.05, 0.1) is 18.9 Å². The van der Waals surface area contributed by atoms with Crippen molar-refractivity contribution in [1.82, 2.24) is 20.2 Å². The highest BCUT2D eigenvalue weighted by Gasteiger charge is 2.16. The van der Waals surface area contributed by atoms with Gasteiger partial charge in [0.25, 0.3) is 0 Å². The molecule has 26 heavy (non-hydrogen) atoms. The van der Waals surface area contributed by atoms with Gasteiger partial charge in [-0.25, -0.2) is 4.68 Å². The van der Waals surface area contributed by atoms with Crippen molar-refractivity contribution in [3.05, 3.63) is 59.4 Å². The van der Waals surface area contributed by atoms with Crippen LogP contribution in [0.2, 0.25) is 5.02 Å². The van der Waals surface area contributed by atoms with Gasteiger partial charge in [0.1, 0.15) is 6.33 Å². The molecule has 0 bridgehead atoms. The summed E-state index contributed by atoms with van der Waals surface area (Å²) in [6.07, 6.45) is 1.57. The van der Waals surface area contributed by atoms with Crippen molar-refractivity contribution in [2.24, 2.45) is 0 Å². The van der Waals surface area contributed by atoms with E-state index < -0.39 is 0 Å². The molecule has 1 saturated heterocycles. The summed E-state index contributed by atoms with van der Waals surface area (Å²) in [5.41, 5.74) is 4.12. The van der Waals surface area contributed by atoms with Crippen molar-refractivity contribution in [3.8, 4) is 5.69 Å². The van der Waals surface area contributed by atoms with Crippen LogP contribution in [-0.4, -0.2) is 46.5 Å². The average Bonchev–Trinajstić information content (AvgIpc) is 3.23. The fraction of sp³-hybridized carbons (Fsp3) is 0.278. The standard InChI is InChI=1S/C18H19ClN6O/c19-17-5-2-6-18(24-7-9-26-10-8-24)16(17)12-20-14-3-1-4-15(11-14)25-13-21-22-23-25/h1-6,11,13,20H,7-10,12H2. The van der Waals surface area contributed by atoms with E-state index in [4.69, 9.17) is 16.3 Å². The second kappa shape index (κ2) is 7.72. The maximum Gasteiger partial charge on any atom is 0.143 e. The maximum absolute atomic E-state index is 6.50.